The molecule has 0 aliphatic heterocycles. The molecule has 1 heterocycles. The van der Waals surface area contributed by atoms with Gasteiger partial charge in [-0.05, 0) is 32.9 Å². The SMILES string of the molecule is CC(C)(C)Nc1nc(Nc2ccccc2C#N)cc(-c2ccccc2)n1. The van der Waals surface area contributed by atoms with Crippen LogP contribution < -0.4 is 10.6 Å². The van der Waals surface area contributed by atoms with Gasteiger partial charge < -0.3 is 10.6 Å². The van der Waals surface area contributed by atoms with Gasteiger partial charge in [0, 0.05) is 17.2 Å². The molecular weight excluding hydrogens is 322 g/mol. The molecule has 5 nitrogen and oxygen atoms in total. The Morgan fingerprint density at radius 1 is 0.923 bits per heavy atom. The first kappa shape index (κ1) is 17.4. The fourth-order valence-electron chi connectivity index (χ4n) is 2.49. The van der Waals surface area contributed by atoms with Crippen molar-refractivity contribution in [3.8, 4) is 17.3 Å². The summed E-state index contributed by atoms with van der Waals surface area (Å²) in [6.07, 6.45) is 0. The summed E-state index contributed by atoms with van der Waals surface area (Å²) in [5, 5.41) is 15.9. The van der Waals surface area contributed by atoms with Crippen LogP contribution in [0.1, 0.15) is 26.3 Å². The van der Waals surface area contributed by atoms with E-state index in [2.05, 4.69) is 47.4 Å². The second-order valence-electron chi connectivity index (χ2n) is 6.99. The van der Waals surface area contributed by atoms with Crippen molar-refractivity contribution in [2.45, 2.75) is 26.3 Å². The van der Waals surface area contributed by atoms with Crippen LogP contribution in [0.25, 0.3) is 11.3 Å². The first-order valence-electron chi connectivity index (χ1n) is 8.43. The first-order valence-corrected chi connectivity index (χ1v) is 8.43. The largest absolute Gasteiger partial charge is 0.350 e. The summed E-state index contributed by atoms with van der Waals surface area (Å²) in [7, 11) is 0. The third kappa shape index (κ3) is 4.37. The van der Waals surface area contributed by atoms with Crippen LogP contribution in [0.2, 0.25) is 0 Å². The molecule has 130 valence electrons. The zero-order valence-corrected chi connectivity index (χ0v) is 15.1. The molecule has 0 radical (unpaired) electrons. The van der Waals surface area contributed by atoms with Crippen molar-refractivity contribution in [3.63, 3.8) is 0 Å². The van der Waals surface area contributed by atoms with Gasteiger partial charge in [-0.2, -0.15) is 10.2 Å². The monoisotopic (exact) mass is 343 g/mol. The lowest BCUT2D eigenvalue weighted by molar-refractivity contribution is 0.626. The lowest BCUT2D eigenvalue weighted by Crippen LogP contribution is -2.27. The number of benzene rings is 2. The number of anilines is 3. The minimum Gasteiger partial charge on any atom is -0.350 e. The number of aromatic nitrogens is 2. The van der Waals surface area contributed by atoms with Gasteiger partial charge in [0.25, 0.3) is 0 Å². The number of para-hydroxylation sites is 1. The second-order valence-corrected chi connectivity index (χ2v) is 6.99. The van der Waals surface area contributed by atoms with E-state index in [1.807, 2.05) is 54.6 Å². The molecule has 0 fully saturated rings. The molecule has 1 aromatic heterocycles. The van der Waals surface area contributed by atoms with Crippen LogP contribution in [-0.2, 0) is 0 Å². The van der Waals surface area contributed by atoms with Gasteiger partial charge in [-0.15, -0.1) is 0 Å². The average molecular weight is 343 g/mol. The molecule has 0 aliphatic rings. The molecule has 0 amide bonds. The number of nitriles is 1. The van der Waals surface area contributed by atoms with E-state index in [1.165, 1.54) is 0 Å². The Labute approximate surface area is 153 Å². The highest BCUT2D eigenvalue weighted by Gasteiger charge is 2.14. The Balaban J connectivity index is 2.04. The third-order valence-corrected chi connectivity index (χ3v) is 3.59. The normalized spacial score (nSPS) is 10.8. The highest BCUT2D eigenvalue weighted by molar-refractivity contribution is 5.70. The maximum absolute atomic E-state index is 9.30. The zero-order valence-electron chi connectivity index (χ0n) is 15.1. The van der Waals surface area contributed by atoms with Gasteiger partial charge in [0.15, 0.2) is 0 Å². The van der Waals surface area contributed by atoms with Crippen LogP contribution in [0.5, 0.6) is 0 Å². The van der Waals surface area contributed by atoms with Crippen molar-refractivity contribution in [3.05, 3.63) is 66.2 Å². The summed E-state index contributed by atoms with van der Waals surface area (Å²) in [5.74, 6) is 1.17. The van der Waals surface area contributed by atoms with Crippen LogP contribution in [0.15, 0.2) is 60.7 Å². The Kier molecular flexibility index (Phi) is 4.85. The molecular formula is C21H21N5. The van der Waals surface area contributed by atoms with Gasteiger partial charge >= 0.3 is 0 Å². The number of hydrogen-bond acceptors (Lipinski definition) is 5. The lowest BCUT2D eigenvalue weighted by Gasteiger charge is -2.21. The van der Waals surface area contributed by atoms with Gasteiger partial charge in [0.2, 0.25) is 5.95 Å². The zero-order chi connectivity index (χ0) is 18.6. The topological polar surface area (TPSA) is 73.6 Å². The summed E-state index contributed by atoms with van der Waals surface area (Å²) < 4.78 is 0. The summed E-state index contributed by atoms with van der Waals surface area (Å²) in [5.41, 5.74) is 2.93. The first-order chi connectivity index (χ1) is 12.4. The van der Waals surface area contributed by atoms with Gasteiger partial charge in [-0.25, -0.2) is 4.98 Å². The smallest absolute Gasteiger partial charge is 0.225 e. The minimum atomic E-state index is -0.170. The van der Waals surface area contributed by atoms with E-state index in [0.717, 1.165) is 16.9 Å². The van der Waals surface area contributed by atoms with Crippen LogP contribution in [-0.4, -0.2) is 15.5 Å². The molecule has 26 heavy (non-hydrogen) atoms. The molecule has 0 aliphatic carbocycles. The Morgan fingerprint density at radius 3 is 2.31 bits per heavy atom. The molecule has 0 bridgehead atoms. The predicted octanol–water partition coefficient (Wildman–Crippen LogP) is 4.97. The quantitative estimate of drug-likeness (QED) is 0.699. The van der Waals surface area contributed by atoms with E-state index < -0.39 is 0 Å². The highest BCUT2D eigenvalue weighted by atomic mass is 15.2. The Bertz CT molecular complexity index is 937. The molecule has 0 atom stereocenters. The average Bonchev–Trinajstić information content (AvgIpc) is 2.61. The fourth-order valence-corrected chi connectivity index (χ4v) is 2.49. The molecule has 3 aromatic rings. The highest BCUT2D eigenvalue weighted by Crippen LogP contribution is 2.25. The van der Waals surface area contributed by atoms with E-state index in [0.29, 0.717) is 17.3 Å². The van der Waals surface area contributed by atoms with Crippen molar-refractivity contribution in [2.75, 3.05) is 10.6 Å². The Morgan fingerprint density at radius 2 is 1.62 bits per heavy atom. The Hall–Kier alpha value is -3.39. The van der Waals surface area contributed by atoms with Crippen molar-refractivity contribution in [1.29, 1.82) is 5.26 Å². The van der Waals surface area contributed by atoms with Crippen molar-refractivity contribution in [2.24, 2.45) is 0 Å². The van der Waals surface area contributed by atoms with Gasteiger partial charge in [0.1, 0.15) is 11.9 Å². The molecule has 0 unspecified atom stereocenters. The molecule has 0 spiro atoms. The van der Waals surface area contributed by atoms with Gasteiger partial charge in [0.05, 0.1) is 16.9 Å². The van der Waals surface area contributed by atoms with E-state index in [4.69, 9.17) is 0 Å². The van der Waals surface area contributed by atoms with E-state index >= 15 is 0 Å². The van der Waals surface area contributed by atoms with Crippen molar-refractivity contribution in [1.82, 2.24) is 9.97 Å². The molecule has 2 N–H and O–H groups in total. The van der Waals surface area contributed by atoms with Gasteiger partial charge in [-0.3, -0.25) is 0 Å². The van der Waals surface area contributed by atoms with E-state index in [-0.39, 0.29) is 5.54 Å². The molecule has 5 heteroatoms. The summed E-state index contributed by atoms with van der Waals surface area (Å²) >= 11 is 0. The van der Waals surface area contributed by atoms with Crippen molar-refractivity contribution >= 4 is 17.5 Å². The minimum absolute atomic E-state index is 0.170. The van der Waals surface area contributed by atoms with E-state index in [1.54, 1.807) is 6.07 Å². The standard InChI is InChI=1S/C21H21N5/c1-21(2,3)26-20-24-18(15-9-5-4-6-10-15)13-19(25-20)23-17-12-8-7-11-16(17)14-22/h4-13H,1-3H3,(H2,23,24,25,26). The predicted molar refractivity (Wildman–Crippen MR) is 105 cm³/mol. The number of hydrogen-bond donors (Lipinski definition) is 2. The maximum Gasteiger partial charge on any atom is 0.225 e. The summed E-state index contributed by atoms with van der Waals surface area (Å²) in [6.45, 7) is 6.18. The van der Waals surface area contributed by atoms with Crippen LogP contribution in [0.4, 0.5) is 17.5 Å². The third-order valence-electron chi connectivity index (χ3n) is 3.59. The molecule has 3 rings (SSSR count). The number of nitrogens with zero attached hydrogens (tertiary/aromatic N) is 3. The van der Waals surface area contributed by atoms with Gasteiger partial charge in [-0.1, -0.05) is 42.5 Å². The fraction of sp³-hybridized carbons (Fsp3) is 0.190. The number of nitrogens with one attached hydrogen (secondary N) is 2. The number of rotatable bonds is 4. The molecule has 0 saturated carbocycles. The summed E-state index contributed by atoms with van der Waals surface area (Å²) in [6, 6.07) is 21.4. The van der Waals surface area contributed by atoms with Crippen LogP contribution in [0, 0.1) is 11.3 Å². The van der Waals surface area contributed by atoms with Crippen molar-refractivity contribution < 1.29 is 0 Å². The lowest BCUT2D eigenvalue weighted by atomic mass is 10.1. The van der Waals surface area contributed by atoms with Crippen LogP contribution in [0.3, 0.4) is 0 Å². The summed E-state index contributed by atoms with van der Waals surface area (Å²) in [4.78, 5) is 9.22. The molecule has 0 saturated heterocycles. The second kappa shape index (κ2) is 7.24. The molecule has 2 aromatic carbocycles. The maximum atomic E-state index is 9.30. The van der Waals surface area contributed by atoms with Crippen LogP contribution >= 0.6 is 0 Å². The van der Waals surface area contributed by atoms with E-state index in [9.17, 15) is 5.26 Å².